The summed E-state index contributed by atoms with van der Waals surface area (Å²) in [6.07, 6.45) is 0. The van der Waals surface area contributed by atoms with E-state index in [-0.39, 0.29) is 0 Å². The minimum absolute atomic E-state index is 0.902. The van der Waals surface area contributed by atoms with Crippen LogP contribution in [0.3, 0.4) is 0 Å². The number of rotatable bonds is 8. The number of furan rings is 1. The fraction of sp³-hybridized carbons (Fsp3) is 0. The highest BCUT2D eigenvalue weighted by molar-refractivity contribution is 6.10. The molecule has 0 saturated carbocycles. The van der Waals surface area contributed by atoms with Crippen LogP contribution in [0.2, 0.25) is 0 Å². The van der Waals surface area contributed by atoms with Gasteiger partial charge in [-0.1, -0.05) is 182 Å². The molecule has 0 unspecified atom stereocenters. The van der Waals surface area contributed by atoms with Crippen LogP contribution >= 0.6 is 0 Å². The lowest BCUT2D eigenvalue weighted by molar-refractivity contribution is 0.670. The highest BCUT2D eigenvalue weighted by Crippen LogP contribution is 2.41. The van der Waals surface area contributed by atoms with Gasteiger partial charge in [-0.3, -0.25) is 0 Å². The first-order valence-corrected chi connectivity index (χ1v) is 22.9. The number of para-hydroxylation sites is 4. The quantitative estimate of drug-likeness (QED) is 0.152. The Bertz CT molecular complexity index is 3880. The van der Waals surface area contributed by atoms with Crippen molar-refractivity contribution in [2.45, 2.75) is 0 Å². The van der Waals surface area contributed by atoms with Crippen LogP contribution in [-0.4, -0.2) is 4.57 Å². The Morgan fingerprint density at radius 3 is 1.33 bits per heavy atom. The van der Waals surface area contributed by atoms with Gasteiger partial charge in [-0.25, -0.2) is 0 Å². The molecule has 0 aliphatic rings. The van der Waals surface area contributed by atoms with E-state index < -0.39 is 0 Å². The van der Waals surface area contributed by atoms with Crippen LogP contribution in [0, 0.1) is 0 Å². The second kappa shape index (κ2) is 16.0. The van der Waals surface area contributed by atoms with Gasteiger partial charge in [0.2, 0.25) is 0 Å². The van der Waals surface area contributed by atoms with E-state index in [0.717, 1.165) is 61.4 Å². The first-order chi connectivity index (χ1) is 33.2. The fourth-order valence-corrected chi connectivity index (χ4v) is 10.0. The molecule has 0 spiro atoms. The molecular formula is C64H42N2O. The summed E-state index contributed by atoms with van der Waals surface area (Å²) >= 11 is 0. The summed E-state index contributed by atoms with van der Waals surface area (Å²) in [7, 11) is 0. The van der Waals surface area contributed by atoms with Gasteiger partial charge in [0.25, 0.3) is 0 Å². The first-order valence-electron chi connectivity index (χ1n) is 22.9. The number of hydrogen-bond donors (Lipinski definition) is 0. The molecule has 314 valence electrons. The summed E-state index contributed by atoms with van der Waals surface area (Å²) in [6.45, 7) is 0. The normalized spacial score (nSPS) is 11.6. The average molecular weight is 855 g/mol. The minimum Gasteiger partial charge on any atom is -0.455 e. The maximum absolute atomic E-state index is 6.44. The molecule has 13 aromatic rings. The van der Waals surface area contributed by atoms with Crippen LogP contribution < -0.4 is 4.90 Å². The molecule has 2 heterocycles. The second-order valence-corrected chi connectivity index (χ2v) is 17.3. The zero-order valence-corrected chi connectivity index (χ0v) is 36.6. The largest absolute Gasteiger partial charge is 0.455 e. The Labute approximate surface area is 388 Å². The highest BCUT2D eigenvalue weighted by Gasteiger charge is 2.17. The van der Waals surface area contributed by atoms with Crippen LogP contribution in [-0.2, 0) is 0 Å². The van der Waals surface area contributed by atoms with E-state index in [0.29, 0.717) is 0 Å². The maximum atomic E-state index is 6.44. The minimum atomic E-state index is 0.902. The third-order valence-corrected chi connectivity index (χ3v) is 13.4. The Kier molecular flexibility index (Phi) is 9.17. The zero-order chi connectivity index (χ0) is 44.3. The van der Waals surface area contributed by atoms with E-state index >= 15 is 0 Å². The number of hydrogen-bond acceptors (Lipinski definition) is 2. The van der Waals surface area contributed by atoms with E-state index in [1.807, 2.05) is 12.1 Å². The van der Waals surface area contributed by atoms with Gasteiger partial charge >= 0.3 is 0 Å². The van der Waals surface area contributed by atoms with Crippen molar-refractivity contribution < 1.29 is 4.42 Å². The van der Waals surface area contributed by atoms with Crippen molar-refractivity contribution in [3.05, 3.63) is 255 Å². The summed E-state index contributed by atoms with van der Waals surface area (Å²) in [5, 5.41) is 7.30. The van der Waals surface area contributed by atoms with Crippen molar-refractivity contribution in [1.29, 1.82) is 0 Å². The van der Waals surface area contributed by atoms with E-state index in [4.69, 9.17) is 4.42 Å². The van der Waals surface area contributed by atoms with Crippen molar-refractivity contribution in [2.75, 3.05) is 4.90 Å². The molecule has 0 aliphatic carbocycles. The van der Waals surface area contributed by atoms with Crippen LogP contribution in [0.1, 0.15) is 0 Å². The van der Waals surface area contributed by atoms with Crippen molar-refractivity contribution >= 4 is 71.6 Å². The topological polar surface area (TPSA) is 21.3 Å². The fourth-order valence-electron chi connectivity index (χ4n) is 10.0. The summed E-state index contributed by atoms with van der Waals surface area (Å²) in [6, 6.07) is 91.8. The Balaban J connectivity index is 0.835. The molecule has 0 amide bonds. The molecule has 3 heteroatoms. The number of fused-ring (bicyclic) bond motifs is 7. The number of aromatic nitrogens is 1. The standard InChI is InChI=1S/C64H42N2O/c1-2-11-50-42-51(25-24-43(50)10-1)48-22-20-44(21-23-48)45-26-34-52(35-27-45)65(54-40-32-49(33-41-54)56-15-9-16-60-59-14-5-8-19-63(59)67-64(56)60)53-36-28-46(29-37-53)47-30-38-55(39-31-47)66-61-17-6-3-12-57(61)58-13-4-7-18-62(58)66/h1-42H. The predicted octanol–water partition coefficient (Wildman–Crippen LogP) is 18.0. The Morgan fingerprint density at radius 1 is 0.299 bits per heavy atom. The molecule has 3 nitrogen and oxygen atoms in total. The Hall–Kier alpha value is -8.92. The van der Waals surface area contributed by atoms with E-state index in [1.165, 1.54) is 60.4 Å². The van der Waals surface area contributed by atoms with Crippen LogP contribution in [0.15, 0.2) is 259 Å². The number of anilines is 3. The summed E-state index contributed by atoms with van der Waals surface area (Å²) < 4.78 is 8.81. The Morgan fingerprint density at radius 2 is 0.731 bits per heavy atom. The predicted molar refractivity (Wildman–Crippen MR) is 282 cm³/mol. The molecule has 13 rings (SSSR count). The summed E-state index contributed by atoms with van der Waals surface area (Å²) in [5.74, 6) is 0. The number of benzene rings is 11. The van der Waals surface area contributed by atoms with Gasteiger partial charge in [-0.15, -0.1) is 0 Å². The molecule has 67 heavy (non-hydrogen) atoms. The van der Waals surface area contributed by atoms with E-state index in [2.05, 4.69) is 252 Å². The van der Waals surface area contributed by atoms with E-state index in [1.54, 1.807) is 0 Å². The first kappa shape index (κ1) is 38.5. The molecule has 0 saturated heterocycles. The van der Waals surface area contributed by atoms with Crippen molar-refractivity contribution in [3.63, 3.8) is 0 Å². The van der Waals surface area contributed by atoms with Gasteiger partial charge in [-0.05, 0) is 123 Å². The van der Waals surface area contributed by atoms with Crippen molar-refractivity contribution in [3.8, 4) is 50.2 Å². The second-order valence-electron chi connectivity index (χ2n) is 17.3. The third-order valence-electron chi connectivity index (χ3n) is 13.4. The molecule has 0 N–H and O–H groups in total. The van der Waals surface area contributed by atoms with Crippen molar-refractivity contribution in [2.24, 2.45) is 0 Å². The lowest BCUT2D eigenvalue weighted by atomic mass is 9.98. The summed E-state index contributed by atoms with van der Waals surface area (Å²) in [4.78, 5) is 2.34. The average Bonchev–Trinajstić information content (AvgIpc) is 3.96. The van der Waals surface area contributed by atoms with Gasteiger partial charge in [0.05, 0.1) is 11.0 Å². The molecule has 0 bridgehead atoms. The van der Waals surface area contributed by atoms with Gasteiger partial charge < -0.3 is 13.9 Å². The summed E-state index contributed by atoms with van der Waals surface area (Å²) in [5.41, 5.74) is 17.9. The van der Waals surface area contributed by atoms with E-state index in [9.17, 15) is 0 Å². The molecule has 0 aliphatic heterocycles. The maximum Gasteiger partial charge on any atom is 0.143 e. The molecule has 0 fully saturated rings. The van der Waals surface area contributed by atoms with Crippen molar-refractivity contribution in [1.82, 2.24) is 4.57 Å². The van der Waals surface area contributed by atoms with Gasteiger partial charge in [-0.2, -0.15) is 0 Å². The third kappa shape index (κ3) is 6.76. The molecule has 2 aromatic heterocycles. The lowest BCUT2D eigenvalue weighted by Gasteiger charge is -2.26. The molecule has 11 aromatic carbocycles. The van der Waals surface area contributed by atoms with Gasteiger partial charge in [0.15, 0.2) is 0 Å². The highest BCUT2D eigenvalue weighted by atomic mass is 16.3. The molecule has 0 radical (unpaired) electrons. The van der Waals surface area contributed by atoms with Gasteiger partial charge in [0.1, 0.15) is 11.2 Å². The SMILES string of the molecule is c1ccc2cc(-c3ccc(-c4ccc(N(c5ccc(-c6ccc(-n7c8ccccc8c8ccccc87)cc6)cc5)c5ccc(-c6cccc7c6oc6ccccc67)cc5)cc4)cc3)ccc2c1. The van der Waals surface area contributed by atoms with Crippen LogP contribution in [0.4, 0.5) is 17.1 Å². The van der Waals surface area contributed by atoms with Gasteiger partial charge in [0, 0.05) is 49.9 Å². The molecular weight excluding hydrogens is 813 g/mol. The molecule has 0 atom stereocenters. The zero-order valence-electron chi connectivity index (χ0n) is 36.6. The number of nitrogens with zero attached hydrogens (tertiary/aromatic N) is 2. The lowest BCUT2D eigenvalue weighted by Crippen LogP contribution is -2.09. The van der Waals surface area contributed by atoms with Crippen LogP contribution in [0.5, 0.6) is 0 Å². The van der Waals surface area contributed by atoms with Crippen LogP contribution in [0.25, 0.3) is 105 Å². The monoisotopic (exact) mass is 854 g/mol. The smallest absolute Gasteiger partial charge is 0.143 e.